The number of nitrogens with zero attached hydrogens (tertiary/aromatic N) is 5. The minimum Gasteiger partial charge on any atom is -0.456 e. The van der Waals surface area contributed by atoms with Crippen molar-refractivity contribution in [3.05, 3.63) is 71.6 Å². The number of aromatic nitrogens is 2. The molecule has 39 heavy (non-hydrogen) atoms. The first-order valence-electron chi connectivity index (χ1n) is 12.5. The van der Waals surface area contributed by atoms with Gasteiger partial charge < -0.3 is 9.64 Å². The average molecular weight is 582 g/mol. The van der Waals surface area contributed by atoms with E-state index >= 15 is 0 Å². The Labute approximate surface area is 230 Å². The second-order valence-corrected chi connectivity index (χ2v) is 11.8. The summed E-state index contributed by atoms with van der Waals surface area (Å²) in [6.07, 6.45) is 0.929. The summed E-state index contributed by atoms with van der Waals surface area (Å²) in [4.78, 5) is 12.4. The predicted octanol–water partition coefficient (Wildman–Crippen LogP) is 4.92. The Balaban J connectivity index is 1.13. The van der Waals surface area contributed by atoms with Crippen LogP contribution in [0.2, 0.25) is 5.02 Å². The molecule has 0 saturated carbocycles. The Hall–Kier alpha value is -2.93. The van der Waals surface area contributed by atoms with Crippen LogP contribution in [0, 0.1) is 0 Å². The highest BCUT2D eigenvalue weighted by atomic mass is 35.5. The molecule has 0 unspecified atom stereocenters. The van der Waals surface area contributed by atoms with E-state index in [1.54, 1.807) is 48.8 Å². The van der Waals surface area contributed by atoms with Crippen LogP contribution in [0.25, 0.3) is 0 Å². The molecule has 0 N–H and O–H groups in total. The van der Waals surface area contributed by atoms with Gasteiger partial charge in [0, 0.05) is 57.7 Å². The molecule has 0 amide bonds. The number of sulfonamides is 1. The number of halogens is 4. The molecule has 0 atom stereocenters. The molecular formula is C26H27ClF3N5O3S. The number of alkyl halides is 3. The zero-order valence-corrected chi connectivity index (χ0v) is 22.5. The fraction of sp³-hybridized carbons (Fsp3) is 0.385. The first kappa shape index (κ1) is 27.6. The van der Waals surface area contributed by atoms with Crippen molar-refractivity contribution in [2.24, 2.45) is 0 Å². The zero-order chi connectivity index (χ0) is 27.6. The highest BCUT2D eigenvalue weighted by molar-refractivity contribution is 7.89. The largest absolute Gasteiger partial charge is 0.456 e. The Morgan fingerprint density at radius 1 is 0.923 bits per heavy atom. The second-order valence-electron chi connectivity index (χ2n) is 9.45. The van der Waals surface area contributed by atoms with Crippen molar-refractivity contribution in [2.75, 3.05) is 44.2 Å². The fourth-order valence-electron chi connectivity index (χ4n) is 4.94. The van der Waals surface area contributed by atoms with Gasteiger partial charge in [-0.05, 0) is 55.3 Å². The summed E-state index contributed by atoms with van der Waals surface area (Å²) in [5, 5.41) is -0.0199. The van der Waals surface area contributed by atoms with Gasteiger partial charge >= 0.3 is 6.18 Å². The van der Waals surface area contributed by atoms with E-state index in [1.807, 2.05) is 4.90 Å². The van der Waals surface area contributed by atoms with Crippen LogP contribution < -0.4 is 9.64 Å². The first-order chi connectivity index (χ1) is 18.6. The van der Waals surface area contributed by atoms with Crippen molar-refractivity contribution in [1.29, 1.82) is 0 Å². The van der Waals surface area contributed by atoms with Crippen LogP contribution in [-0.4, -0.2) is 72.9 Å². The number of benzene rings is 1. The summed E-state index contributed by atoms with van der Waals surface area (Å²) >= 11 is 6.12. The van der Waals surface area contributed by atoms with E-state index in [9.17, 15) is 21.6 Å². The van der Waals surface area contributed by atoms with Crippen LogP contribution in [0.5, 0.6) is 11.5 Å². The lowest BCUT2D eigenvalue weighted by Crippen LogP contribution is -2.54. The number of hydrogen-bond donors (Lipinski definition) is 0. The van der Waals surface area contributed by atoms with Crippen LogP contribution in [0.1, 0.15) is 18.4 Å². The molecule has 13 heteroatoms. The Morgan fingerprint density at radius 3 is 2.21 bits per heavy atom. The molecule has 0 aliphatic carbocycles. The third kappa shape index (κ3) is 6.29. The summed E-state index contributed by atoms with van der Waals surface area (Å²) in [6.45, 7) is 3.35. The quantitative estimate of drug-likeness (QED) is 0.409. The summed E-state index contributed by atoms with van der Waals surface area (Å²) in [6, 6.07) is 11.0. The van der Waals surface area contributed by atoms with Gasteiger partial charge in [0.1, 0.15) is 17.3 Å². The van der Waals surface area contributed by atoms with Gasteiger partial charge in [0.25, 0.3) is 0 Å². The van der Waals surface area contributed by atoms with Crippen molar-refractivity contribution in [3.8, 4) is 11.5 Å². The summed E-state index contributed by atoms with van der Waals surface area (Å²) in [5.41, 5.74) is -0.870. The van der Waals surface area contributed by atoms with Crippen molar-refractivity contribution in [3.63, 3.8) is 0 Å². The van der Waals surface area contributed by atoms with Crippen molar-refractivity contribution in [2.45, 2.75) is 30.0 Å². The molecule has 2 fully saturated rings. The lowest BCUT2D eigenvalue weighted by Gasteiger charge is -2.42. The molecule has 5 rings (SSSR count). The normalized spacial score (nSPS) is 18.3. The molecular weight excluding hydrogens is 555 g/mol. The zero-order valence-electron chi connectivity index (χ0n) is 20.9. The van der Waals surface area contributed by atoms with Crippen molar-refractivity contribution >= 4 is 27.4 Å². The van der Waals surface area contributed by atoms with E-state index in [0.29, 0.717) is 69.4 Å². The molecule has 0 bridgehead atoms. The van der Waals surface area contributed by atoms with Gasteiger partial charge in [-0.3, -0.25) is 9.88 Å². The fourth-order valence-corrected chi connectivity index (χ4v) is 6.69. The van der Waals surface area contributed by atoms with Gasteiger partial charge in [-0.2, -0.15) is 17.5 Å². The third-order valence-corrected chi connectivity index (χ3v) is 9.23. The standard InChI is InChI=1S/C26H27ClF3N5O3S/c27-24-16-19(26(28,29)30)17-32-25(24)34-14-12-33(13-15-34)20-7-10-35(11-8-20)39(36,37)23-5-3-21(4-6-23)38-22-2-1-9-31-18-22/h1-6,9,16-18,20H,7-8,10-15H2. The van der Waals surface area contributed by atoms with Gasteiger partial charge in [0.05, 0.1) is 21.7 Å². The Bertz CT molecular complexity index is 1380. The van der Waals surface area contributed by atoms with E-state index in [1.165, 1.54) is 4.31 Å². The third-order valence-electron chi connectivity index (χ3n) is 7.03. The number of piperidine rings is 1. The van der Waals surface area contributed by atoms with Gasteiger partial charge in [-0.25, -0.2) is 13.4 Å². The van der Waals surface area contributed by atoms with Crippen LogP contribution in [0.15, 0.2) is 66.0 Å². The average Bonchev–Trinajstić information content (AvgIpc) is 2.94. The number of rotatable bonds is 6. The van der Waals surface area contributed by atoms with Crippen LogP contribution in [0.4, 0.5) is 19.0 Å². The van der Waals surface area contributed by atoms with Crippen LogP contribution in [-0.2, 0) is 16.2 Å². The molecule has 8 nitrogen and oxygen atoms in total. The molecule has 2 aliphatic heterocycles. The lowest BCUT2D eigenvalue weighted by atomic mass is 10.0. The number of piperazine rings is 1. The lowest BCUT2D eigenvalue weighted by molar-refractivity contribution is -0.137. The highest BCUT2D eigenvalue weighted by Gasteiger charge is 2.34. The molecule has 3 aromatic rings. The van der Waals surface area contributed by atoms with E-state index < -0.39 is 21.8 Å². The second kappa shape index (κ2) is 11.3. The number of anilines is 1. The van der Waals surface area contributed by atoms with Crippen LogP contribution in [0.3, 0.4) is 0 Å². The van der Waals surface area contributed by atoms with E-state index in [2.05, 4.69) is 14.9 Å². The van der Waals surface area contributed by atoms with Gasteiger partial charge in [-0.1, -0.05) is 11.6 Å². The Morgan fingerprint density at radius 2 is 1.62 bits per heavy atom. The van der Waals surface area contributed by atoms with Crippen molar-refractivity contribution in [1.82, 2.24) is 19.2 Å². The minimum atomic E-state index is -4.49. The smallest absolute Gasteiger partial charge is 0.417 e. The maximum absolute atomic E-state index is 13.2. The molecule has 2 aromatic heterocycles. The van der Waals surface area contributed by atoms with E-state index in [4.69, 9.17) is 16.3 Å². The highest BCUT2D eigenvalue weighted by Crippen LogP contribution is 2.34. The molecule has 0 radical (unpaired) electrons. The summed E-state index contributed by atoms with van der Waals surface area (Å²) < 4.78 is 72.4. The molecule has 2 saturated heterocycles. The molecule has 0 spiro atoms. The molecule has 4 heterocycles. The van der Waals surface area contributed by atoms with Gasteiger partial charge in [0.2, 0.25) is 10.0 Å². The topological polar surface area (TPSA) is 78.9 Å². The number of hydrogen-bond acceptors (Lipinski definition) is 7. The maximum Gasteiger partial charge on any atom is 0.417 e. The molecule has 1 aromatic carbocycles. The van der Waals surface area contributed by atoms with E-state index in [0.717, 1.165) is 12.3 Å². The summed E-state index contributed by atoms with van der Waals surface area (Å²) in [7, 11) is -3.63. The maximum atomic E-state index is 13.2. The number of pyridine rings is 2. The Kier molecular flexibility index (Phi) is 7.99. The summed E-state index contributed by atoms with van der Waals surface area (Å²) in [5.74, 6) is 1.43. The monoisotopic (exact) mass is 581 g/mol. The first-order valence-corrected chi connectivity index (χ1v) is 14.3. The molecule has 208 valence electrons. The van der Waals surface area contributed by atoms with Crippen LogP contribution >= 0.6 is 11.6 Å². The van der Waals surface area contributed by atoms with Crippen molar-refractivity contribution < 1.29 is 26.3 Å². The molecule has 2 aliphatic rings. The predicted molar refractivity (Wildman–Crippen MR) is 141 cm³/mol. The van der Waals surface area contributed by atoms with Gasteiger partial charge in [0.15, 0.2) is 0 Å². The SMILES string of the molecule is O=S(=O)(c1ccc(Oc2cccnc2)cc1)N1CCC(N2CCN(c3ncc(C(F)(F)F)cc3Cl)CC2)CC1. The minimum absolute atomic E-state index is 0.0199. The van der Waals surface area contributed by atoms with Gasteiger partial charge in [-0.15, -0.1) is 0 Å². The number of ether oxygens (including phenoxy) is 1. The van der Waals surface area contributed by atoms with E-state index in [-0.39, 0.29) is 16.0 Å².